The molecule has 0 atom stereocenters. The Balaban J connectivity index is 1.75. The van der Waals surface area contributed by atoms with Gasteiger partial charge in [0.1, 0.15) is 16.9 Å². The summed E-state index contributed by atoms with van der Waals surface area (Å²) in [7, 11) is 1.66. The maximum atomic E-state index is 13.0. The van der Waals surface area contributed by atoms with E-state index in [1.54, 1.807) is 19.2 Å². The molecule has 2 aromatic rings. The minimum absolute atomic E-state index is 0.125. The van der Waals surface area contributed by atoms with Gasteiger partial charge in [-0.05, 0) is 61.6 Å². The second-order valence-electron chi connectivity index (χ2n) is 6.02. The fourth-order valence-electron chi connectivity index (χ4n) is 3.08. The number of carbonyl (C=O) groups excluding carboxylic acids is 1. The van der Waals surface area contributed by atoms with Crippen molar-refractivity contribution in [3.05, 3.63) is 52.5 Å². The number of thioether (sulfide) groups is 1. The smallest absolute Gasteiger partial charge is 0.237 e. The largest absolute Gasteiger partial charge is 0.315 e. The summed E-state index contributed by atoms with van der Waals surface area (Å²) in [6, 6.07) is 8.05. The monoisotopic (exact) mass is 355 g/mol. The molecule has 0 saturated carbocycles. The van der Waals surface area contributed by atoms with Crippen molar-refractivity contribution < 1.29 is 9.18 Å². The molecule has 25 heavy (non-hydrogen) atoms. The molecule has 0 aliphatic heterocycles. The summed E-state index contributed by atoms with van der Waals surface area (Å²) in [5.74, 6) is -0.288. The third kappa shape index (κ3) is 3.52. The average molecular weight is 355 g/mol. The van der Waals surface area contributed by atoms with E-state index in [-0.39, 0.29) is 17.5 Å². The van der Waals surface area contributed by atoms with Gasteiger partial charge in [0.25, 0.3) is 0 Å². The number of hydrogen-bond acceptors (Lipinski definition) is 4. The molecule has 1 aliphatic carbocycles. The lowest BCUT2D eigenvalue weighted by Crippen LogP contribution is -2.28. The number of aryl methyl sites for hydroxylation is 1. The molecule has 1 amide bonds. The molecule has 0 bridgehead atoms. The first-order valence-corrected chi connectivity index (χ1v) is 9.07. The summed E-state index contributed by atoms with van der Waals surface area (Å²) in [5.41, 5.74) is 4.48. The highest BCUT2D eigenvalue weighted by Crippen LogP contribution is 2.33. The van der Waals surface area contributed by atoms with Gasteiger partial charge in [0, 0.05) is 18.4 Å². The topological polar surface area (TPSA) is 57.0 Å². The number of nitriles is 1. The minimum atomic E-state index is -0.338. The molecule has 0 fully saturated rings. The zero-order chi connectivity index (χ0) is 18.0. The van der Waals surface area contributed by atoms with Crippen LogP contribution in [0.15, 0.2) is 29.3 Å². The summed E-state index contributed by atoms with van der Waals surface area (Å²) in [4.78, 5) is 18.5. The lowest BCUT2D eigenvalue weighted by atomic mass is 10.1. The van der Waals surface area contributed by atoms with Crippen molar-refractivity contribution in [2.75, 3.05) is 17.7 Å². The fourth-order valence-corrected chi connectivity index (χ4v) is 4.05. The molecular weight excluding hydrogens is 337 g/mol. The van der Waals surface area contributed by atoms with E-state index in [9.17, 15) is 14.4 Å². The van der Waals surface area contributed by atoms with Crippen LogP contribution in [0.2, 0.25) is 0 Å². The fraction of sp³-hybridized carbons (Fsp3) is 0.316. The van der Waals surface area contributed by atoms with Crippen molar-refractivity contribution in [2.24, 2.45) is 0 Å². The van der Waals surface area contributed by atoms with Gasteiger partial charge in [-0.15, -0.1) is 0 Å². The molecule has 1 aromatic carbocycles. The first-order chi connectivity index (χ1) is 12.0. The van der Waals surface area contributed by atoms with Crippen LogP contribution in [-0.4, -0.2) is 23.7 Å². The van der Waals surface area contributed by atoms with E-state index >= 15 is 0 Å². The van der Waals surface area contributed by atoms with Crippen LogP contribution in [0.3, 0.4) is 0 Å². The Morgan fingerprint density at radius 1 is 1.32 bits per heavy atom. The normalized spacial score (nSPS) is 12.6. The SMILES string of the molecule is Cc1nc(SCC(=O)N(C)c2ccc(F)cc2)c(C#N)c2c1CCC2. The van der Waals surface area contributed by atoms with Crippen LogP contribution in [0.1, 0.15) is 28.8 Å². The van der Waals surface area contributed by atoms with Crippen molar-refractivity contribution in [2.45, 2.75) is 31.2 Å². The van der Waals surface area contributed by atoms with Crippen LogP contribution >= 0.6 is 11.8 Å². The third-order valence-electron chi connectivity index (χ3n) is 4.47. The van der Waals surface area contributed by atoms with Gasteiger partial charge in [-0.25, -0.2) is 9.37 Å². The van der Waals surface area contributed by atoms with Gasteiger partial charge in [0.05, 0.1) is 11.3 Å². The minimum Gasteiger partial charge on any atom is -0.315 e. The third-order valence-corrected chi connectivity index (χ3v) is 5.43. The summed E-state index contributed by atoms with van der Waals surface area (Å²) in [6.07, 6.45) is 2.92. The summed E-state index contributed by atoms with van der Waals surface area (Å²) >= 11 is 1.29. The number of pyridine rings is 1. The highest BCUT2D eigenvalue weighted by atomic mass is 32.2. The first-order valence-electron chi connectivity index (χ1n) is 8.08. The lowest BCUT2D eigenvalue weighted by Gasteiger charge is -2.17. The quantitative estimate of drug-likeness (QED) is 0.786. The Morgan fingerprint density at radius 2 is 2.00 bits per heavy atom. The van der Waals surface area contributed by atoms with Crippen LogP contribution in [0.4, 0.5) is 10.1 Å². The molecule has 3 rings (SSSR count). The summed E-state index contributed by atoms with van der Waals surface area (Å²) < 4.78 is 13.0. The Hall–Kier alpha value is -2.39. The van der Waals surface area contributed by atoms with Crippen molar-refractivity contribution in [1.82, 2.24) is 4.98 Å². The van der Waals surface area contributed by atoms with Gasteiger partial charge in [0.15, 0.2) is 0 Å². The van der Waals surface area contributed by atoms with Crippen LogP contribution in [0.25, 0.3) is 0 Å². The Kier molecular flexibility index (Phi) is 5.05. The van der Waals surface area contributed by atoms with Crippen LogP contribution in [0, 0.1) is 24.1 Å². The molecule has 1 heterocycles. The van der Waals surface area contributed by atoms with E-state index in [2.05, 4.69) is 11.1 Å². The lowest BCUT2D eigenvalue weighted by molar-refractivity contribution is -0.115. The van der Waals surface area contributed by atoms with E-state index < -0.39 is 0 Å². The number of aromatic nitrogens is 1. The summed E-state index contributed by atoms with van der Waals surface area (Å²) in [5, 5.41) is 10.1. The predicted molar refractivity (Wildman–Crippen MR) is 96.2 cm³/mol. The number of rotatable bonds is 4. The number of halogens is 1. The number of hydrogen-bond donors (Lipinski definition) is 0. The molecule has 0 radical (unpaired) electrons. The van der Waals surface area contributed by atoms with E-state index in [0.717, 1.165) is 30.5 Å². The van der Waals surface area contributed by atoms with Gasteiger partial charge in [-0.1, -0.05) is 11.8 Å². The van der Waals surface area contributed by atoms with Crippen molar-refractivity contribution in [3.8, 4) is 6.07 Å². The molecule has 0 N–H and O–H groups in total. The molecule has 1 aliphatic rings. The van der Waals surface area contributed by atoms with Gasteiger partial charge in [-0.2, -0.15) is 5.26 Å². The Bertz CT molecular complexity index is 858. The molecule has 4 nitrogen and oxygen atoms in total. The Labute approximate surface area is 150 Å². The predicted octanol–water partition coefficient (Wildman–Crippen LogP) is 3.64. The highest BCUT2D eigenvalue weighted by Gasteiger charge is 2.22. The maximum Gasteiger partial charge on any atom is 0.237 e. The molecule has 0 unspecified atom stereocenters. The average Bonchev–Trinajstić information content (AvgIpc) is 3.10. The number of carbonyl (C=O) groups is 1. The number of fused-ring (bicyclic) bond motifs is 1. The molecule has 128 valence electrons. The van der Waals surface area contributed by atoms with Crippen LogP contribution < -0.4 is 4.90 Å². The number of benzene rings is 1. The van der Waals surface area contributed by atoms with E-state index in [0.29, 0.717) is 16.3 Å². The summed E-state index contributed by atoms with van der Waals surface area (Å²) in [6.45, 7) is 1.96. The second-order valence-corrected chi connectivity index (χ2v) is 6.98. The second kappa shape index (κ2) is 7.24. The number of amides is 1. The van der Waals surface area contributed by atoms with Gasteiger partial charge >= 0.3 is 0 Å². The van der Waals surface area contributed by atoms with Gasteiger partial charge < -0.3 is 4.90 Å². The van der Waals surface area contributed by atoms with Crippen molar-refractivity contribution in [3.63, 3.8) is 0 Å². The molecule has 6 heteroatoms. The van der Waals surface area contributed by atoms with Crippen LogP contribution in [-0.2, 0) is 17.6 Å². The van der Waals surface area contributed by atoms with Crippen molar-refractivity contribution >= 4 is 23.4 Å². The standard InChI is InChI=1S/C19H18FN3OS/c1-12-15-4-3-5-16(15)17(10-21)19(22-12)25-11-18(24)23(2)14-8-6-13(20)7-9-14/h6-9H,3-5,11H2,1-2H3. The van der Waals surface area contributed by atoms with Gasteiger partial charge in [0.2, 0.25) is 5.91 Å². The highest BCUT2D eigenvalue weighted by molar-refractivity contribution is 8.00. The van der Waals surface area contributed by atoms with Crippen molar-refractivity contribution in [1.29, 1.82) is 5.26 Å². The first kappa shape index (κ1) is 17.4. The van der Waals surface area contributed by atoms with E-state index in [1.807, 2.05) is 6.92 Å². The van der Waals surface area contributed by atoms with E-state index in [4.69, 9.17) is 0 Å². The zero-order valence-corrected chi connectivity index (χ0v) is 15.0. The number of anilines is 1. The molecule has 0 spiro atoms. The maximum absolute atomic E-state index is 13.0. The molecule has 1 aromatic heterocycles. The number of nitrogens with zero attached hydrogens (tertiary/aromatic N) is 3. The van der Waals surface area contributed by atoms with Gasteiger partial charge in [-0.3, -0.25) is 4.79 Å². The zero-order valence-electron chi connectivity index (χ0n) is 14.2. The molecular formula is C19H18FN3OS. The molecule has 0 saturated heterocycles. The Morgan fingerprint density at radius 3 is 2.68 bits per heavy atom. The van der Waals surface area contributed by atoms with Crippen LogP contribution in [0.5, 0.6) is 0 Å². The van der Waals surface area contributed by atoms with E-state index in [1.165, 1.54) is 34.4 Å².